The van der Waals surface area contributed by atoms with Gasteiger partial charge in [0.25, 0.3) is 5.91 Å². The van der Waals surface area contributed by atoms with Crippen LogP contribution in [0.3, 0.4) is 0 Å². The summed E-state index contributed by atoms with van der Waals surface area (Å²) in [5.74, 6) is 0.702. The molecule has 1 amide bonds. The normalized spacial score (nSPS) is 10.3. The van der Waals surface area contributed by atoms with Crippen LogP contribution >= 0.6 is 38.9 Å². The summed E-state index contributed by atoms with van der Waals surface area (Å²) < 4.78 is 0.981. The molecule has 0 radical (unpaired) electrons. The average Bonchev–Trinajstić information content (AvgIpc) is 2.64. The summed E-state index contributed by atoms with van der Waals surface area (Å²) in [4.78, 5) is 11.5. The summed E-state index contributed by atoms with van der Waals surface area (Å²) >= 11 is 10.4. The summed E-state index contributed by atoms with van der Waals surface area (Å²) in [6, 6.07) is 1.83. The van der Waals surface area contributed by atoms with E-state index in [0.29, 0.717) is 5.88 Å². The molecule has 15 heavy (non-hydrogen) atoms. The Labute approximate surface area is 107 Å². The second kappa shape index (κ2) is 7.25. The third kappa shape index (κ3) is 5.00. The highest BCUT2D eigenvalue weighted by molar-refractivity contribution is 9.11. The van der Waals surface area contributed by atoms with Crippen LogP contribution in [0.25, 0.3) is 0 Å². The molecule has 1 aromatic rings. The van der Waals surface area contributed by atoms with E-state index >= 15 is 0 Å². The Balaban J connectivity index is 2.19. The first-order valence-electron chi connectivity index (χ1n) is 4.82. The van der Waals surface area contributed by atoms with E-state index in [4.69, 9.17) is 11.6 Å². The molecule has 0 aliphatic heterocycles. The van der Waals surface area contributed by atoms with Crippen LogP contribution in [-0.2, 0) is 0 Å². The molecule has 1 heterocycles. The number of nitrogens with one attached hydrogen (secondary N) is 1. The highest BCUT2D eigenvalue weighted by atomic mass is 79.9. The number of carbonyl (C=O) groups excluding carboxylic acids is 1. The van der Waals surface area contributed by atoms with Crippen LogP contribution in [0.4, 0.5) is 0 Å². The zero-order valence-corrected chi connectivity index (χ0v) is 11.4. The number of alkyl halides is 1. The van der Waals surface area contributed by atoms with Gasteiger partial charge in [-0.2, -0.15) is 0 Å². The number of thiophene rings is 1. The summed E-state index contributed by atoms with van der Waals surface area (Å²) in [5.41, 5.74) is 0.726. The van der Waals surface area contributed by atoms with Gasteiger partial charge in [-0.1, -0.05) is 6.42 Å². The fraction of sp³-hybridized carbons (Fsp3) is 0.500. The Morgan fingerprint density at radius 1 is 1.47 bits per heavy atom. The lowest BCUT2D eigenvalue weighted by Crippen LogP contribution is -2.23. The first-order chi connectivity index (χ1) is 7.24. The molecule has 0 fully saturated rings. The number of hydrogen-bond acceptors (Lipinski definition) is 2. The van der Waals surface area contributed by atoms with Crippen molar-refractivity contribution in [3.8, 4) is 0 Å². The van der Waals surface area contributed by atoms with Crippen molar-refractivity contribution in [2.75, 3.05) is 12.4 Å². The summed E-state index contributed by atoms with van der Waals surface area (Å²) in [7, 11) is 0. The van der Waals surface area contributed by atoms with Gasteiger partial charge in [-0.15, -0.1) is 22.9 Å². The van der Waals surface area contributed by atoms with E-state index in [9.17, 15) is 4.79 Å². The van der Waals surface area contributed by atoms with E-state index < -0.39 is 0 Å². The van der Waals surface area contributed by atoms with Crippen molar-refractivity contribution < 1.29 is 4.79 Å². The Morgan fingerprint density at radius 2 is 2.27 bits per heavy atom. The molecule has 84 valence electrons. The van der Waals surface area contributed by atoms with Crippen LogP contribution in [-0.4, -0.2) is 18.3 Å². The van der Waals surface area contributed by atoms with E-state index in [0.717, 1.165) is 35.2 Å². The van der Waals surface area contributed by atoms with Gasteiger partial charge in [0.1, 0.15) is 0 Å². The van der Waals surface area contributed by atoms with Crippen molar-refractivity contribution in [1.82, 2.24) is 5.32 Å². The second-order valence-electron chi connectivity index (χ2n) is 3.15. The summed E-state index contributed by atoms with van der Waals surface area (Å²) in [5, 5.41) is 4.72. The number of rotatable bonds is 6. The van der Waals surface area contributed by atoms with E-state index in [2.05, 4.69) is 21.2 Å². The molecule has 0 aliphatic rings. The molecule has 0 saturated carbocycles. The molecule has 1 aromatic heterocycles. The largest absolute Gasteiger partial charge is 0.352 e. The maximum Gasteiger partial charge on any atom is 0.252 e. The standard InChI is InChI=1S/C10H13BrClNOS/c11-9-6-8(7-15-9)10(14)13-5-3-1-2-4-12/h6-7H,1-5H2,(H,13,14). The summed E-state index contributed by atoms with van der Waals surface area (Å²) in [6.07, 6.45) is 3.07. The number of hydrogen-bond donors (Lipinski definition) is 1. The summed E-state index contributed by atoms with van der Waals surface area (Å²) in [6.45, 7) is 0.725. The smallest absolute Gasteiger partial charge is 0.252 e. The number of carbonyl (C=O) groups is 1. The van der Waals surface area contributed by atoms with Gasteiger partial charge in [-0.25, -0.2) is 0 Å². The zero-order valence-electron chi connectivity index (χ0n) is 8.26. The minimum Gasteiger partial charge on any atom is -0.352 e. The van der Waals surface area contributed by atoms with Crippen molar-refractivity contribution in [3.05, 3.63) is 20.8 Å². The lowest BCUT2D eigenvalue weighted by molar-refractivity contribution is 0.0953. The predicted molar refractivity (Wildman–Crippen MR) is 68.9 cm³/mol. The van der Waals surface area contributed by atoms with E-state index in [1.165, 1.54) is 11.3 Å². The minimum absolute atomic E-state index is 0.00261. The van der Waals surface area contributed by atoms with Crippen LogP contribution < -0.4 is 5.32 Å². The first-order valence-corrected chi connectivity index (χ1v) is 7.03. The maximum absolute atomic E-state index is 11.5. The average molecular weight is 311 g/mol. The molecule has 0 bridgehead atoms. The molecule has 0 saturated heterocycles. The van der Waals surface area contributed by atoms with Gasteiger partial charge < -0.3 is 5.32 Å². The van der Waals surface area contributed by atoms with Gasteiger partial charge in [-0.3, -0.25) is 4.79 Å². The maximum atomic E-state index is 11.5. The number of amides is 1. The lowest BCUT2D eigenvalue weighted by Gasteiger charge is -2.02. The van der Waals surface area contributed by atoms with Gasteiger partial charge in [0.2, 0.25) is 0 Å². The monoisotopic (exact) mass is 309 g/mol. The first kappa shape index (κ1) is 13.0. The van der Waals surface area contributed by atoms with Crippen LogP contribution in [0.1, 0.15) is 29.6 Å². The zero-order chi connectivity index (χ0) is 11.1. The lowest BCUT2D eigenvalue weighted by atomic mass is 10.2. The molecule has 5 heteroatoms. The Morgan fingerprint density at radius 3 is 2.87 bits per heavy atom. The van der Waals surface area contributed by atoms with Gasteiger partial charge in [0.15, 0.2) is 0 Å². The number of unbranched alkanes of at least 4 members (excludes halogenated alkanes) is 2. The topological polar surface area (TPSA) is 29.1 Å². The van der Waals surface area contributed by atoms with Crippen LogP contribution in [0.5, 0.6) is 0 Å². The van der Waals surface area contributed by atoms with Crippen molar-refractivity contribution in [2.45, 2.75) is 19.3 Å². The molecule has 1 N–H and O–H groups in total. The van der Waals surface area contributed by atoms with Crippen molar-refractivity contribution in [2.24, 2.45) is 0 Å². The molecule has 1 rings (SSSR count). The van der Waals surface area contributed by atoms with Gasteiger partial charge >= 0.3 is 0 Å². The Bertz CT molecular complexity index is 316. The van der Waals surface area contributed by atoms with Crippen molar-refractivity contribution in [3.63, 3.8) is 0 Å². The Kier molecular flexibility index (Phi) is 6.29. The van der Waals surface area contributed by atoms with Crippen molar-refractivity contribution >= 4 is 44.8 Å². The molecule has 0 unspecified atom stereocenters. The molecule has 2 nitrogen and oxygen atoms in total. The highest BCUT2D eigenvalue weighted by Crippen LogP contribution is 2.20. The Hall–Kier alpha value is -0.0600. The molecule has 0 aliphatic carbocycles. The van der Waals surface area contributed by atoms with Gasteiger partial charge in [0, 0.05) is 17.8 Å². The highest BCUT2D eigenvalue weighted by Gasteiger charge is 2.06. The SMILES string of the molecule is O=C(NCCCCCCl)c1csc(Br)c1. The van der Waals surface area contributed by atoms with Gasteiger partial charge in [-0.05, 0) is 34.8 Å². The third-order valence-electron chi connectivity index (χ3n) is 1.93. The van der Waals surface area contributed by atoms with Crippen LogP contribution in [0.15, 0.2) is 15.2 Å². The van der Waals surface area contributed by atoms with E-state index in [1.807, 2.05) is 11.4 Å². The molecule has 0 aromatic carbocycles. The fourth-order valence-electron chi connectivity index (χ4n) is 1.13. The van der Waals surface area contributed by atoms with Gasteiger partial charge in [0.05, 0.1) is 9.35 Å². The van der Waals surface area contributed by atoms with E-state index in [1.54, 1.807) is 0 Å². The molecular formula is C10H13BrClNOS. The third-order valence-corrected chi connectivity index (χ3v) is 3.70. The van der Waals surface area contributed by atoms with Crippen molar-refractivity contribution in [1.29, 1.82) is 0 Å². The molecule has 0 atom stereocenters. The predicted octanol–water partition coefficient (Wildman–Crippen LogP) is 3.65. The molecular weight excluding hydrogens is 298 g/mol. The van der Waals surface area contributed by atoms with E-state index in [-0.39, 0.29) is 5.91 Å². The fourth-order valence-corrected chi connectivity index (χ4v) is 2.46. The quantitative estimate of drug-likeness (QED) is 0.630. The minimum atomic E-state index is 0.00261. The van der Waals surface area contributed by atoms with Crippen LogP contribution in [0, 0.1) is 0 Å². The second-order valence-corrected chi connectivity index (χ2v) is 5.81. The number of halogens is 2. The molecule has 0 spiro atoms. The van der Waals surface area contributed by atoms with Crippen LogP contribution in [0.2, 0.25) is 0 Å².